The first kappa shape index (κ1) is 14.8. The summed E-state index contributed by atoms with van der Waals surface area (Å²) in [5.41, 5.74) is 0.545. The van der Waals surface area contributed by atoms with Crippen molar-refractivity contribution in [2.24, 2.45) is 0 Å². The van der Waals surface area contributed by atoms with E-state index in [-0.39, 0.29) is 18.1 Å². The van der Waals surface area contributed by atoms with E-state index in [1.165, 1.54) is 0 Å². The number of hydrogen-bond donors (Lipinski definition) is 0. The monoisotopic (exact) mass is 345 g/mol. The third-order valence-electron chi connectivity index (χ3n) is 3.38. The SMILES string of the molecule is CCC1COC(C)CN1C(=O)c1cccc(Br)c1Cl. The van der Waals surface area contributed by atoms with Gasteiger partial charge in [0, 0.05) is 11.0 Å². The van der Waals surface area contributed by atoms with Crippen molar-refractivity contribution in [2.45, 2.75) is 32.4 Å². The molecule has 0 aromatic heterocycles. The zero-order chi connectivity index (χ0) is 14.0. The van der Waals surface area contributed by atoms with E-state index in [9.17, 15) is 4.79 Å². The van der Waals surface area contributed by atoms with E-state index in [0.29, 0.717) is 23.7 Å². The van der Waals surface area contributed by atoms with E-state index in [1.54, 1.807) is 6.07 Å². The van der Waals surface area contributed by atoms with Gasteiger partial charge in [0.1, 0.15) is 0 Å². The molecular weight excluding hydrogens is 330 g/mol. The van der Waals surface area contributed by atoms with Gasteiger partial charge in [-0.05, 0) is 41.4 Å². The topological polar surface area (TPSA) is 29.5 Å². The Balaban J connectivity index is 2.28. The summed E-state index contributed by atoms with van der Waals surface area (Å²) in [5.74, 6) is -0.0201. The summed E-state index contributed by atoms with van der Waals surface area (Å²) in [4.78, 5) is 14.5. The van der Waals surface area contributed by atoms with E-state index in [1.807, 2.05) is 24.0 Å². The Hall–Kier alpha value is -0.580. The Morgan fingerprint density at radius 3 is 3.00 bits per heavy atom. The van der Waals surface area contributed by atoms with Crippen LogP contribution in [0.3, 0.4) is 0 Å². The quantitative estimate of drug-likeness (QED) is 0.816. The molecule has 3 nitrogen and oxygen atoms in total. The molecule has 1 aromatic carbocycles. The maximum Gasteiger partial charge on any atom is 0.255 e. The van der Waals surface area contributed by atoms with Gasteiger partial charge in [-0.1, -0.05) is 24.6 Å². The van der Waals surface area contributed by atoms with Gasteiger partial charge in [0.25, 0.3) is 5.91 Å². The van der Waals surface area contributed by atoms with Crippen molar-refractivity contribution in [1.82, 2.24) is 4.90 Å². The van der Waals surface area contributed by atoms with E-state index in [0.717, 1.165) is 10.9 Å². The van der Waals surface area contributed by atoms with Crippen molar-refractivity contribution >= 4 is 33.4 Å². The highest BCUT2D eigenvalue weighted by Gasteiger charge is 2.31. The summed E-state index contributed by atoms with van der Waals surface area (Å²) >= 11 is 9.56. The number of ether oxygens (including phenoxy) is 1. The zero-order valence-corrected chi connectivity index (χ0v) is 13.4. The number of carbonyl (C=O) groups excluding carboxylic acids is 1. The smallest absolute Gasteiger partial charge is 0.255 e. The van der Waals surface area contributed by atoms with Gasteiger partial charge >= 0.3 is 0 Å². The van der Waals surface area contributed by atoms with Crippen LogP contribution in [-0.2, 0) is 4.74 Å². The van der Waals surface area contributed by atoms with E-state index in [2.05, 4.69) is 22.9 Å². The number of nitrogens with zero attached hydrogens (tertiary/aromatic N) is 1. The fraction of sp³-hybridized carbons (Fsp3) is 0.500. The molecule has 19 heavy (non-hydrogen) atoms. The molecule has 1 aliphatic heterocycles. The lowest BCUT2D eigenvalue weighted by Gasteiger charge is -2.38. The molecule has 1 aromatic rings. The molecule has 0 aliphatic carbocycles. The summed E-state index contributed by atoms with van der Waals surface area (Å²) < 4.78 is 6.36. The van der Waals surface area contributed by atoms with Crippen LogP contribution < -0.4 is 0 Å². The Kier molecular flexibility index (Phi) is 4.87. The number of halogens is 2. The number of hydrogen-bond acceptors (Lipinski definition) is 2. The number of rotatable bonds is 2. The van der Waals surface area contributed by atoms with Crippen LogP contribution in [0.25, 0.3) is 0 Å². The summed E-state index contributed by atoms with van der Waals surface area (Å²) in [6, 6.07) is 5.55. The van der Waals surface area contributed by atoms with Crippen LogP contribution in [0.2, 0.25) is 5.02 Å². The van der Waals surface area contributed by atoms with Crippen LogP contribution in [-0.4, -0.2) is 36.1 Å². The average Bonchev–Trinajstić information content (AvgIpc) is 2.41. The molecule has 0 radical (unpaired) electrons. The Bertz CT molecular complexity index is 481. The maximum absolute atomic E-state index is 12.7. The first-order valence-corrected chi connectivity index (χ1v) is 7.58. The standard InChI is InChI=1S/C14H17BrClNO2/c1-3-10-8-19-9(2)7-17(10)14(18)11-5-4-6-12(15)13(11)16/h4-6,9-10H,3,7-8H2,1-2H3. The molecule has 0 bridgehead atoms. The molecule has 2 atom stereocenters. The van der Waals surface area contributed by atoms with Crippen LogP contribution in [0.15, 0.2) is 22.7 Å². The normalized spacial score (nSPS) is 23.5. The van der Waals surface area contributed by atoms with Crippen LogP contribution >= 0.6 is 27.5 Å². The third-order valence-corrected chi connectivity index (χ3v) is 4.68. The Labute approximate surface area is 127 Å². The first-order chi connectivity index (χ1) is 9.04. The Morgan fingerprint density at radius 2 is 2.32 bits per heavy atom. The maximum atomic E-state index is 12.7. The zero-order valence-electron chi connectivity index (χ0n) is 11.0. The minimum atomic E-state index is -0.0201. The molecule has 1 amide bonds. The van der Waals surface area contributed by atoms with Gasteiger partial charge in [-0.3, -0.25) is 4.79 Å². The summed E-state index contributed by atoms with van der Waals surface area (Å²) in [7, 11) is 0. The number of carbonyl (C=O) groups is 1. The molecule has 0 saturated carbocycles. The van der Waals surface area contributed by atoms with Crippen molar-refractivity contribution in [3.63, 3.8) is 0 Å². The summed E-state index contributed by atoms with van der Waals surface area (Å²) in [5, 5.41) is 0.474. The van der Waals surface area contributed by atoms with Crippen molar-refractivity contribution in [1.29, 1.82) is 0 Å². The van der Waals surface area contributed by atoms with Gasteiger partial charge in [0.15, 0.2) is 0 Å². The van der Waals surface area contributed by atoms with Gasteiger partial charge in [-0.15, -0.1) is 0 Å². The molecule has 0 N–H and O–H groups in total. The predicted molar refractivity (Wildman–Crippen MR) is 79.7 cm³/mol. The van der Waals surface area contributed by atoms with Crippen LogP contribution in [0.1, 0.15) is 30.6 Å². The van der Waals surface area contributed by atoms with Crippen LogP contribution in [0.5, 0.6) is 0 Å². The largest absolute Gasteiger partial charge is 0.375 e. The molecule has 2 unspecified atom stereocenters. The van der Waals surface area contributed by atoms with Crippen LogP contribution in [0, 0.1) is 0 Å². The number of amides is 1. The molecule has 0 spiro atoms. The fourth-order valence-electron chi connectivity index (χ4n) is 2.25. The molecule has 2 rings (SSSR count). The van der Waals surface area contributed by atoms with Gasteiger partial charge in [0.2, 0.25) is 0 Å². The Morgan fingerprint density at radius 1 is 1.58 bits per heavy atom. The second-order valence-electron chi connectivity index (χ2n) is 4.76. The molecule has 1 saturated heterocycles. The van der Waals surface area contributed by atoms with Gasteiger partial charge < -0.3 is 9.64 Å². The summed E-state index contributed by atoms with van der Waals surface area (Å²) in [6.45, 7) is 5.25. The van der Waals surface area contributed by atoms with Crippen molar-refractivity contribution in [3.05, 3.63) is 33.3 Å². The lowest BCUT2D eigenvalue weighted by atomic mass is 10.1. The first-order valence-electron chi connectivity index (χ1n) is 6.41. The molecule has 104 valence electrons. The molecule has 1 fully saturated rings. The van der Waals surface area contributed by atoms with Crippen LogP contribution in [0.4, 0.5) is 0 Å². The molecule has 1 aliphatic rings. The van der Waals surface area contributed by atoms with Gasteiger partial charge in [-0.2, -0.15) is 0 Å². The van der Waals surface area contributed by atoms with E-state index < -0.39 is 0 Å². The summed E-state index contributed by atoms with van der Waals surface area (Å²) in [6.07, 6.45) is 0.946. The predicted octanol–water partition coefficient (Wildman–Crippen LogP) is 3.74. The van der Waals surface area contributed by atoms with Crippen molar-refractivity contribution in [2.75, 3.05) is 13.2 Å². The van der Waals surface area contributed by atoms with Crippen molar-refractivity contribution < 1.29 is 9.53 Å². The van der Waals surface area contributed by atoms with Gasteiger partial charge in [0.05, 0.1) is 29.3 Å². The molecule has 5 heteroatoms. The second kappa shape index (κ2) is 6.25. The van der Waals surface area contributed by atoms with Gasteiger partial charge in [-0.25, -0.2) is 0 Å². The highest BCUT2D eigenvalue weighted by atomic mass is 79.9. The fourth-order valence-corrected chi connectivity index (χ4v) is 2.83. The number of benzene rings is 1. The highest BCUT2D eigenvalue weighted by Crippen LogP contribution is 2.28. The highest BCUT2D eigenvalue weighted by molar-refractivity contribution is 9.10. The minimum absolute atomic E-state index is 0.0201. The minimum Gasteiger partial charge on any atom is -0.375 e. The molecular formula is C14H17BrClNO2. The number of morpholine rings is 1. The average molecular weight is 347 g/mol. The second-order valence-corrected chi connectivity index (χ2v) is 6.00. The third kappa shape index (κ3) is 3.12. The lowest BCUT2D eigenvalue weighted by molar-refractivity contribution is -0.0444. The van der Waals surface area contributed by atoms with E-state index in [4.69, 9.17) is 16.3 Å². The molecule has 1 heterocycles. The van der Waals surface area contributed by atoms with Crippen molar-refractivity contribution in [3.8, 4) is 0 Å². The van der Waals surface area contributed by atoms with E-state index >= 15 is 0 Å². The lowest BCUT2D eigenvalue weighted by Crippen LogP contribution is -2.51.